The molecule has 0 aromatic heterocycles. The fraction of sp³-hybridized carbons (Fsp3) is 0.600. The summed E-state index contributed by atoms with van der Waals surface area (Å²) in [6.07, 6.45) is 4.54. The van der Waals surface area contributed by atoms with Crippen LogP contribution in [0.5, 0.6) is 0 Å². The van der Waals surface area contributed by atoms with Crippen molar-refractivity contribution in [2.75, 3.05) is 13.1 Å². The van der Waals surface area contributed by atoms with Gasteiger partial charge >= 0.3 is 12.0 Å². The average molecular weight is 360 g/mol. The molecule has 6 heteroatoms. The number of amides is 2. The molecule has 0 radical (unpaired) electrons. The zero-order valence-electron chi connectivity index (χ0n) is 15.0. The summed E-state index contributed by atoms with van der Waals surface area (Å²) in [5.41, 5.74) is 0.730. The Hall–Kier alpha value is -2.11. The number of hydrogen-bond donors (Lipinski definition) is 2. The van der Waals surface area contributed by atoms with Gasteiger partial charge in [-0.25, -0.2) is 9.18 Å². The Kier molecular flexibility index (Phi) is 4.16. The van der Waals surface area contributed by atoms with E-state index in [-0.39, 0.29) is 23.8 Å². The number of carboxylic acids is 1. The van der Waals surface area contributed by atoms with Gasteiger partial charge in [-0.1, -0.05) is 18.6 Å². The maximum Gasteiger partial charge on any atom is 0.317 e. The van der Waals surface area contributed by atoms with Gasteiger partial charge in [-0.2, -0.15) is 0 Å². The Morgan fingerprint density at radius 2 is 2.12 bits per heavy atom. The molecule has 2 aliphatic carbocycles. The number of rotatable bonds is 4. The van der Waals surface area contributed by atoms with Crippen LogP contribution in [-0.2, 0) is 4.79 Å². The Bertz CT molecular complexity index is 749. The summed E-state index contributed by atoms with van der Waals surface area (Å²) in [5, 5.41) is 12.8. The average Bonchev–Trinajstić information content (AvgIpc) is 3.23. The smallest absolute Gasteiger partial charge is 0.317 e. The number of benzene rings is 1. The summed E-state index contributed by atoms with van der Waals surface area (Å²) >= 11 is 0. The van der Waals surface area contributed by atoms with E-state index in [1.807, 2.05) is 0 Å². The summed E-state index contributed by atoms with van der Waals surface area (Å²) in [4.78, 5) is 26.3. The minimum absolute atomic E-state index is 0.0539. The van der Waals surface area contributed by atoms with Crippen LogP contribution in [0.15, 0.2) is 18.2 Å². The van der Waals surface area contributed by atoms with Crippen LogP contribution in [0, 0.1) is 30.0 Å². The van der Waals surface area contributed by atoms with Crippen molar-refractivity contribution in [3.05, 3.63) is 35.1 Å². The maximum absolute atomic E-state index is 13.6. The van der Waals surface area contributed by atoms with Gasteiger partial charge in [0.1, 0.15) is 5.82 Å². The van der Waals surface area contributed by atoms with Crippen LogP contribution < -0.4 is 5.32 Å². The number of aryl methyl sites for hydroxylation is 1. The number of hydrogen-bond acceptors (Lipinski definition) is 2. The van der Waals surface area contributed by atoms with Crippen molar-refractivity contribution in [1.82, 2.24) is 10.2 Å². The van der Waals surface area contributed by atoms with Crippen molar-refractivity contribution in [2.45, 2.75) is 45.1 Å². The highest BCUT2D eigenvalue weighted by atomic mass is 19.1. The molecule has 3 atom stereocenters. The highest BCUT2D eigenvalue weighted by Crippen LogP contribution is 2.49. The van der Waals surface area contributed by atoms with Crippen LogP contribution in [0.2, 0.25) is 0 Å². The fourth-order valence-corrected chi connectivity index (χ4v) is 4.78. The summed E-state index contributed by atoms with van der Waals surface area (Å²) < 4.78 is 13.6. The molecule has 1 aromatic rings. The topological polar surface area (TPSA) is 69.6 Å². The summed E-state index contributed by atoms with van der Waals surface area (Å²) in [6.45, 7) is 2.53. The second kappa shape index (κ2) is 6.25. The van der Waals surface area contributed by atoms with E-state index < -0.39 is 11.4 Å². The zero-order chi connectivity index (χ0) is 18.5. The lowest BCUT2D eigenvalue weighted by atomic mass is 9.81. The third-order valence-corrected chi connectivity index (χ3v) is 6.50. The number of fused-ring (bicyclic) bond motifs is 1. The number of nitrogens with one attached hydrogen (secondary N) is 1. The van der Waals surface area contributed by atoms with Crippen molar-refractivity contribution in [3.8, 4) is 0 Å². The number of nitrogens with zero attached hydrogens (tertiary/aromatic N) is 1. The zero-order valence-corrected chi connectivity index (χ0v) is 15.0. The first kappa shape index (κ1) is 17.3. The predicted molar refractivity (Wildman–Crippen MR) is 94.1 cm³/mol. The van der Waals surface area contributed by atoms with Gasteiger partial charge in [-0.15, -0.1) is 0 Å². The van der Waals surface area contributed by atoms with E-state index in [1.165, 1.54) is 6.07 Å². The van der Waals surface area contributed by atoms with Crippen LogP contribution in [-0.4, -0.2) is 35.1 Å². The Labute approximate surface area is 152 Å². The monoisotopic (exact) mass is 360 g/mol. The number of carbonyl (C=O) groups excluding carboxylic acids is 1. The number of urea groups is 1. The molecule has 1 aromatic carbocycles. The molecule has 1 saturated heterocycles. The largest absolute Gasteiger partial charge is 0.481 e. The number of carboxylic acid groups (broad SMARTS) is 1. The second-order valence-electron chi connectivity index (χ2n) is 8.20. The van der Waals surface area contributed by atoms with Gasteiger partial charge in [0.15, 0.2) is 0 Å². The van der Waals surface area contributed by atoms with E-state index in [9.17, 15) is 19.1 Å². The fourth-order valence-electron chi connectivity index (χ4n) is 4.78. The van der Waals surface area contributed by atoms with Gasteiger partial charge < -0.3 is 15.3 Å². The SMILES string of the molecule is Cc1cc(C(NC(=O)N2C[C@@H]3CCC[C@@]3(C(=O)O)C2)C2CC2)ccc1F. The number of carbonyl (C=O) groups is 2. The first-order chi connectivity index (χ1) is 12.4. The van der Waals surface area contributed by atoms with Crippen molar-refractivity contribution in [2.24, 2.45) is 17.3 Å². The highest BCUT2D eigenvalue weighted by Gasteiger charge is 2.56. The van der Waals surface area contributed by atoms with Gasteiger partial charge in [-0.05, 0) is 61.6 Å². The van der Waals surface area contributed by atoms with Crippen molar-refractivity contribution >= 4 is 12.0 Å². The molecule has 0 spiro atoms. The van der Waals surface area contributed by atoms with Crippen LogP contribution in [0.3, 0.4) is 0 Å². The highest BCUT2D eigenvalue weighted by molar-refractivity contribution is 5.80. The van der Waals surface area contributed by atoms with E-state index in [0.29, 0.717) is 31.0 Å². The van der Waals surface area contributed by atoms with E-state index >= 15 is 0 Å². The van der Waals surface area contributed by atoms with Gasteiger partial charge in [0, 0.05) is 13.1 Å². The van der Waals surface area contributed by atoms with Crippen LogP contribution in [0.4, 0.5) is 9.18 Å². The van der Waals surface area contributed by atoms with Crippen molar-refractivity contribution in [3.63, 3.8) is 0 Å². The molecule has 4 rings (SSSR count). The molecule has 2 saturated carbocycles. The Morgan fingerprint density at radius 3 is 2.73 bits per heavy atom. The molecule has 0 bridgehead atoms. The van der Waals surface area contributed by atoms with Crippen molar-refractivity contribution in [1.29, 1.82) is 0 Å². The van der Waals surface area contributed by atoms with Gasteiger partial charge in [-0.3, -0.25) is 4.79 Å². The summed E-state index contributed by atoms with van der Waals surface area (Å²) in [6, 6.07) is 4.66. The molecular weight excluding hydrogens is 335 g/mol. The number of likely N-dealkylation sites (tertiary alicyclic amines) is 1. The number of halogens is 1. The van der Waals surface area contributed by atoms with Gasteiger partial charge in [0.2, 0.25) is 0 Å². The molecule has 3 aliphatic rings. The third-order valence-electron chi connectivity index (χ3n) is 6.50. The molecular formula is C20H25FN2O3. The second-order valence-corrected chi connectivity index (χ2v) is 8.20. The normalized spacial score (nSPS) is 28.7. The minimum atomic E-state index is -0.775. The predicted octanol–water partition coefficient (Wildman–Crippen LogP) is 3.48. The van der Waals surface area contributed by atoms with E-state index in [4.69, 9.17) is 0 Å². The lowest BCUT2D eigenvalue weighted by Crippen LogP contribution is -2.43. The molecule has 1 unspecified atom stereocenters. The first-order valence-corrected chi connectivity index (χ1v) is 9.45. The lowest BCUT2D eigenvalue weighted by Gasteiger charge is -2.26. The van der Waals surface area contributed by atoms with Crippen molar-refractivity contribution < 1.29 is 19.1 Å². The molecule has 1 aliphatic heterocycles. The summed E-state index contributed by atoms with van der Waals surface area (Å²) in [5.74, 6) is -0.592. The Balaban J connectivity index is 1.49. The maximum atomic E-state index is 13.6. The third kappa shape index (κ3) is 2.85. The Morgan fingerprint density at radius 1 is 1.35 bits per heavy atom. The standard InChI is InChI=1S/C20H25FN2O3/c1-12-9-14(6-7-16(12)21)17(13-4-5-13)22-19(26)23-10-15-3-2-8-20(15,11-23)18(24)25/h6-7,9,13,15,17H,2-5,8,10-11H2,1H3,(H,22,26)(H,24,25)/t15-,17?,20+/m0/s1. The first-order valence-electron chi connectivity index (χ1n) is 9.45. The van der Waals surface area contributed by atoms with Crippen LogP contribution in [0.25, 0.3) is 0 Å². The van der Waals surface area contributed by atoms with E-state index in [1.54, 1.807) is 24.0 Å². The number of aliphatic carboxylic acids is 1. The quantitative estimate of drug-likeness (QED) is 0.864. The summed E-state index contributed by atoms with van der Waals surface area (Å²) in [7, 11) is 0. The molecule has 26 heavy (non-hydrogen) atoms. The van der Waals surface area contributed by atoms with Gasteiger partial charge in [0.05, 0.1) is 11.5 Å². The van der Waals surface area contributed by atoms with E-state index in [0.717, 1.165) is 31.2 Å². The van der Waals surface area contributed by atoms with Gasteiger partial charge in [0.25, 0.3) is 0 Å². The lowest BCUT2D eigenvalue weighted by molar-refractivity contribution is -0.149. The molecule has 140 valence electrons. The van der Waals surface area contributed by atoms with Crippen LogP contribution >= 0.6 is 0 Å². The van der Waals surface area contributed by atoms with Crippen LogP contribution in [0.1, 0.15) is 49.3 Å². The molecule has 5 nitrogen and oxygen atoms in total. The molecule has 2 N–H and O–H groups in total. The molecule has 1 heterocycles. The molecule has 2 amide bonds. The van der Waals surface area contributed by atoms with E-state index in [2.05, 4.69) is 5.32 Å². The molecule has 3 fully saturated rings. The minimum Gasteiger partial charge on any atom is -0.481 e.